The molecular weight excluding hydrogens is 387 g/mol. The summed E-state index contributed by atoms with van der Waals surface area (Å²) in [4.78, 5) is 28.1. The standard InChI is InChI=1S/C19H16ClFN4O3/c1-12(28-14-7-5-13(21)6-8-14)19(27)24-23-17(26)10-9-15-18(20)22-16-4-2-3-11-25(15)16/h2-12H,1H3,(H,23,26)(H,24,27)/b10-9+/t12-/m1/s1. The predicted molar refractivity (Wildman–Crippen MR) is 102 cm³/mol. The molecule has 3 aromatic rings. The smallest absolute Gasteiger partial charge is 0.279 e. The maximum absolute atomic E-state index is 12.9. The van der Waals surface area contributed by atoms with E-state index in [4.69, 9.17) is 16.3 Å². The van der Waals surface area contributed by atoms with Crippen LogP contribution in [0.3, 0.4) is 0 Å². The van der Waals surface area contributed by atoms with Gasteiger partial charge in [0, 0.05) is 12.3 Å². The van der Waals surface area contributed by atoms with Gasteiger partial charge in [0.05, 0.1) is 5.69 Å². The first-order valence-electron chi connectivity index (χ1n) is 8.27. The van der Waals surface area contributed by atoms with Crippen LogP contribution in [0.15, 0.2) is 54.7 Å². The molecule has 0 fully saturated rings. The van der Waals surface area contributed by atoms with E-state index in [1.165, 1.54) is 43.3 Å². The molecule has 0 aliphatic carbocycles. The van der Waals surface area contributed by atoms with Crippen LogP contribution in [0.1, 0.15) is 12.6 Å². The van der Waals surface area contributed by atoms with E-state index in [1.54, 1.807) is 16.7 Å². The number of pyridine rings is 1. The molecule has 0 unspecified atom stereocenters. The molecule has 0 spiro atoms. The molecule has 7 nitrogen and oxygen atoms in total. The Labute approximate surface area is 164 Å². The van der Waals surface area contributed by atoms with Gasteiger partial charge in [-0.1, -0.05) is 17.7 Å². The third-order valence-electron chi connectivity index (χ3n) is 3.72. The maximum atomic E-state index is 12.9. The minimum absolute atomic E-state index is 0.251. The fraction of sp³-hybridized carbons (Fsp3) is 0.105. The summed E-state index contributed by atoms with van der Waals surface area (Å²) in [6, 6.07) is 10.7. The van der Waals surface area contributed by atoms with Gasteiger partial charge >= 0.3 is 0 Å². The quantitative estimate of drug-likeness (QED) is 0.507. The first-order chi connectivity index (χ1) is 13.4. The first-order valence-corrected chi connectivity index (χ1v) is 8.64. The molecule has 0 saturated carbocycles. The van der Waals surface area contributed by atoms with E-state index in [0.29, 0.717) is 17.1 Å². The van der Waals surface area contributed by atoms with Crippen molar-refractivity contribution in [2.45, 2.75) is 13.0 Å². The third kappa shape index (κ3) is 4.66. The van der Waals surface area contributed by atoms with Crippen molar-refractivity contribution in [2.75, 3.05) is 0 Å². The highest BCUT2D eigenvalue weighted by Gasteiger charge is 2.15. The van der Waals surface area contributed by atoms with Crippen LogP contribution in [0.4, 0.5) is 4.39 Å². The highest BCUT2D eigenvalue weighted by Crippen LogP contribution is 2.18. The van der Waals surface area contributed by atoms with Crippen LogP contribution < -0.4 is 15.6 Å². The van der Waals surface area contributed by atoms with Gasteiger partial charge in [-0.25, -0.2) is 9.37 Å². The molecule has 2 N–H and O–H groups in total. The lowest BCUT2D eigenvalue weighted by Gasteiger charge is -2.14. The zero-order valence-electron chi connectivity index (χ0n) is 14.7. The second-order valence-corrected chi connectivity index (χ2v) is 6.10. The van der Waals surface area contributed by atoms with Gasteiger partial charge in [-0.15, -0.1) is 0 Å². The number of hydrogen-bond donors (Lipinski definition) is 2. The molecule has 0 radical (unpaired) electrons. The number of nitrogens with zero attached hydrogens (tertiary/aromatic N) is 2. The van der Waals surface area contributed by atoms with E-state index in [2.05, 4.69) is 15.8 Å². The molecule has 0 bridgehead atoms. The Bertz CT molecular complexity index is 1030. The topological polar surface area (TPSA) is 84.7 Å². The van der Waals surface area contributed by atoms with Crippen LogP contribution in [0.25, 0.3) is 11.7 Å². The summed E-state index contributed by atoms with van der Waals surface area (Å²) in [6.07, 6.45) is 3.57. The number of benzene rings is 1. The number of hydrogen-bond acceptors (Lipinski definition) is 4. The van der Waals surface area contributed by atoms with Crippen LogP contribution in [0.2, 0.25) is 5.15 Å². The van der Waals surface area contributed by atoms with Gasteiger partial charge in [0.2, 0.25) is 0 Å². The number of hydrazine groups is 1. The Balaban J connectivity index is 1.54. The van der Waals surface area contributed by atoms with Crippen molar-refractivity contribution in [2.24, 2.45) is 0 Å². The maximum Gasteiger partial charge on any atom is 0.279 e. The van der Waals surface area contributed by atoms with Gasteiger partial charge in [0.1, 0.15) is 17.2 Å². The summed E-state index contributed by atoms with van der Waals surface area (Å²) >= 11 is 6.08. The number of ether oxygens (including phenoxy) is 1. The van der Waals surface area contributed by atoms with Crippen LogP contribution in [-0.2, 0) is 9.59 Å². The molecule has 2 heterocycles. The number of amides is 2. The predicted octanol–water partition coefficient (Wildman–Crippen LogP) is 2.75. The number of rotatable bonds is 5. The van der Waals surface area contributed by atoms with Gasteiger partial charge in [-0.2, -0.15) is 0 Å². The van der Waals surface area contributed by atoms with Crippen molar-refractivity contribution in [1.29, 1.82) is 0 Å². The average molecular weight is 403 g/mol. The van der Waals surface area contributed by atoms with Gasteiger partial charge in [0.25, 0.3) is 11.8 Å². The Morgan fingerprint density at radius 2 is 1.96 bits per heavy atom. The number of carbonyl (C=O) groups excluding carboxylic acids is 2. The molecule has 9 heteroatoms. The Morgan fingerprint density at radius 3 is 2.71 bits per heavy atom. The number of fused-ring (bicyclic) bond motifs is 1. The van der Waals surface area contributed by atoms with Crippen LogP contribution >= 0.6 is 11.6 Å². The fourth-order valence-electron chi connectivity index (χ4n) is 2.33. The fourth-order valence-corrected chi connectivity index (χ4v) is 2.57. The lowest BCUT2D eigenvalue weighted by Crippen LogP contribution is -2.46. The second-order valence-electron chi connectivity index (χ2n) is 5.74. The number of nitrogens with one attached hydrogen (secondary N) is 2. The van der Waals surface area contributed by atoms with E-state index in [1.807, 2.05) is 12.1 Å². The Morgan fingerprint density at radius 1 is 1.21 bits per heavy atom. The first kappa shape index (κ1) is 19.4. The number of aromatic nitrogens is 2. The minimum atomic E-state index is -0.900. The summed E-state index contributed by atoms with van der Waals surface area (Å²) < 4.78 is 20.0. The molecule has 144 valence electrons. The van der Waals surface area contributed by atoms with Crippen LogP contribution in [0, 0.1) is 5.82 Å². The van der Waals surface area contributed by atoms with Crippen molar-refractivity contribution < 1.29 is 18.7 Å². The number of halogens is 2. The van der Waals surface area contributed by atoms with Crippen molar-refractivity contribution in [1.82, 2.24) is 20.2 Å². The molecule has 2 aromatic heterocycles. The Kier molecular flexibility index (Phi) is 5.90. The highest BCUT2D eigenvalue weighted by molar-refractivity contribution is 6.31. The third-order valence-corrected chi connectivity index (χ3v) is 4.00. The zero-order chi connectivity index (χ0) is 20.1. The van der Waals surface area contributed by atoms with E-state index in [9.17, 15) is 14.0 Å². The number of carbonyl (C=O) groups is 2. The number of imidazole rings is 1. The summed E-state index contributed by atoms with van der Waals surface area (Å²) in [5.41, 5.74) is 5.68. The van der Waals surface area contributed by atoms with Gasteiger partial charge < -0.3 is 4.74 Å². The van der Waals surface area contributed by atoms with E-state index in [-0.39, 0.29) is 5.15 Å². The molecule has 1 aromatic carbocycles. The lowest BCUT2D eigenvalue weighted by atomic mass is 10.3. The van der Waals surface area contributed by atoms with E-state index >= 15 is 0 Å². The summed E-state index contributed by atoms with van der Waals surface area (Å²) in [7, 11) is 0. The largest absolute Gasteiger partial charge is 0.481 e. The SMILES string of the molecule is C[C@@H](Oc1ccc(F)cc1)C(=O)NNC(=O)/C=C/c1c(Cl)nc2ccccn12. The van der Waals surface area contributed by atoms with Crippen molar-refractivity contribution >= 4 is 35.1 Å². The minimum Gasteiger partial charge on any atom is -0.481 e. The zero-order valence-corrected chi connectivity index (χ0v) is 15.5. The van der Waals surface area contributed by atoms with Gasteiger partial charge in [-0.05, 0) is 49.4 Å². The molecule has 3 rings (SSSR count). The lowest BCUT2D eigenvalue weighted by molar-refractivity contribution is -0.131. The summed E-state index contributed by atoms with van der Waals surface area (Å²) in [5, 5.41) is 0.251. The summed E-state index contributed by atoms with van der Waals surface area (Å²) in [6.45, 7) is 1.50. The van der Waals surface area contributed by atoms with E-state index in [0.717, 1.165) is 0 Å². The molecule has 28 heavy (non-hydrogen) atoms. The van der Waals surface area contributed by atoms with Gasteiger partial charge in [0.15, 0.2) is 11.3 Å². The van der Waals surface area contributed by atoms with Crippen molar-refractivity contribution in [3.63, 3.8) is 0 Å². The Hall–Kier alpha value is -3.39. The van der Waals surface area contributed by atoms with Crippen molar-refractivity contribution in [3.05, 3.63) is 71.4 Å². The molecule has 0 aliphatic rings. The van der Waals surface area contributed by atoms with Crippen LogP contribution in [-0.4, -0.2) is 27.3 Å². The van der Waals surface area contributed by atoms with Gasteiger partial charge in [-0.3, -0.25) is 24.8 Å². The highest BCUT2D eigenvalue weighted by atomic mass is 35.5. The summed E-state index contributed by atoms with van der Waals surface area (Å²) in [5.74, 6) is -1.21. The van der Waals surface area contributed by atoms with E-state index < -0.39 is 23.7 Å². The average Bonchev–Trinajstić information content (AvgIpc) is 3.01. The normalized spacial score (nSPS) is 12.1. The molecule has 0 aliphatic heterocycles. The molecule has 2 amide bonds. The monoisotopic (exact) mass is 402 g/mol. The van der Waals surface area contributed by atoms with Crippen LogP contribution in [0.5, 0.6) is 5.75 Å². The molecule has 1 atom stereocenters. The van der Waals surface area contributed by atoms with Crippen molar-refractivity contribution in [3.8, 4) is 5.75 Å². The molecular formula is C19H16ClFN4O3. The molecule has 0 saturated heterocycles. The second kappa shape index (κ2) is 8.53.